The van der Waals surface area contributed by atoms with E-state index < -0.39 is 22.8 Å². The summed E-state index contributed by atoms with van der Waals surface area (Å²) in [6.07, 6.45) is 0. The van der Waals surface area contributed by atoms with Gasteiger partial charge in [-0.25, -0.2) is 0 Å². The first-order valence-electron chi connectivity index (χ1n) is 7.22. The van der Waals surface area contributed by atoms with Gasteiger partial charge in [0.15, 0.2) is 11.5 Å². The minimum Gasteiger partial charge on any atom is -1.00 e. The number of rotatable bonds is 5. The summed E-state index contributed by atoms with van der Waals surface area (Å²) in [5.41, 5.74) is 0. The molecule has 10 heteroatoms. The summed E-state index contributed by atoms with van der Waals surface area (Å²) in [4.78, 5) is 35.1. The molecule has 130 valence electrons. The second-order valence-corrected chi connectivity index (χ2v) is 7.41. The van der Waals surface area contributed by atoms with Gasteiger partial charge in [0.1, 0.15) is 17.2 Å². The van der Waals surface area contributed by atoms with Crippen molar-refractivity contribution < 1.29 is 44.5 Å². The maximum absolute atomic E-state index is 12.1. The molecule has 1 aromatic rings. The van der Waals surface area contributed by atoms with E-state index in [4.69, 9.17) is 21.4 Å². The molecule has 2 unspecified atom stereocenters. The molecule has 3 rings (SSSR count). The van der Waals surface area contributed by atoms with Crippen molar-refractivity contribution >= 4 is 41.1 Å². The fraction of sp³-hybridized carbons (Fsp3) is 0.400. The smallest absolute Gasteiger partial charge is 1.00 e. The van der Waals surface area contributed by atoms with Crippen LogP contribution in [0, 0.1) is 0 Å². The van der Waals surface area contributed by atoms with Crippen molar-refractivity contribution in [2.24, 2.45) is 0 Å². The Labute approximate surface area is 167 Å². The standard InChI is InChI=1S/C15H15ClN2O5S.Li.H/c16-15(14(21)22)7-18-12(20)11(13(18)24-8-15)17-10(19)6-23-9-4-2-1-3-5-9;;/h1-5,11,13H,6-8H2,(H,17,19)(H,21,22);;/q;+1;-1/t11?,13-,15?;;/m1../s1. The van der Waals surface area contributed by atoms with E-state index >= 15 is 0 Å². The molecule has 0 saturated carbocycles. The van der Waals surface area contributed by atoms with Crippen molar-refractivity contribution in [2.75, 3.05) is 18.9 Å². The van der Waals surface area contributed by atoms with Gasteiger partial charge < -0.3 is 21.5 Å². The third kappa shape index (κ3) is 4.09. The number of carbonyl (C=O) groups is 3. The number of fused-ring (bicyclic) bond motifs is 1. The number of thioether (sulfide) groups is 1. The van der Waals surface area contributed by atoms with E-state index in [9.17, 15) is 14.4 Å². The number of hydrogen-bond donors (Lipinski definition) is 2. The predicted octanol–water partition coefficient (Wildman–Crippen LogP) is -2.36. The summed E-state index contributed by atoms with van der Waals surface area (Å²) < 4.78 is 5.33. The quantitative estimate of drug-likeness (QED) is 0.338. The zero-order chi connectivity index (χ0) is 17.3. The fourth-order valence-corrected chi connectivity index (χ4v) is 4.26. The first-order valence-corrected chi connectivity index (χ1v) is 8.65. The molecule has 2 heterocycles. The van der Waals surface area contributed by atoms with Gasteiger partial charge in [-0.05, 0) is 12.1 Å². The Balaban J connectivity index is 0.00000169. The Morgan fingerprint density at radius 3 is 2.76 bits per heavy atom. The van der Waals surface area contributed by atoms with Gasteiger partial charge in [0.05, 0.1) is 6.54 Å². The second-order valence-electron chi connectivity index (χ2n) is 5.59. The van der Waals surface area contributed by atoms with Gasteiger partial charge >= 0.3 is 24.8 Å². The van der Waals surface area contributed by atoms with Crippen LogP contribution in [0.1, 0.15) is 1.43 Å². The number of carbonyl (C=O) groups excluding carboxylic acids is 2. The molecule has 7 nitrogen and oxygen atoms in total. The topological polar surface area (TPSA) is 95.9 Å². The van der Waals surface area contributed by atoms with E-state index in [1.807, 2.05) is 6.07 Å². The third-order valence-corrected chi connectivity index (χ3v) is 5.96. The number of benzene rings is 1. The Kier molecular flexibility index (Phi) is 6.33. The molecule has 3 atom stereocenters. The molecule has 0 spiro atoms. The number of nitrogens with zero attached hydrogens (tertiary/aromatic N) is 1. The number of hydrogen-bond acceptors (Lipinski definition) is 5. The second kappa shape index (κ2) is 7.92. The van der Waals surface area contributed by atoms with E-state index in [1.165, 1.54) is 16.7 Å². The number of para-hydroxylation sites is 1. The largest absolute Gasteiger partial charge is 1.00 e. The van der Waals surface area contributed by atoms with Gasteiger partial charge in [-0.15, -0.1) is 23.4 Å². The van der Waals surface area contributed by atoms with Gasteiger partial charge in [0, 0.05) is 5.75 Å². The van der Waals surface area contributed by atoms with Crippen molar-refractivity contribution in [3.63, 3.8) is 0 Å². The average Bonchev–Trinajstić information content (AvgIpc) is 2.58. The van der Waals surface area contributed by atoms with Crippen molar-refractivity contribution in [2.45, 2.75) is 16.3 Å². The van der Waals surface area contributed by atoms with Crippen LogP contribution in [0.5, 0.6) is 5.75 Å². The van der Waals surface area contributed by atoms with Crippen LogP contribution in [0.15, 0.2) is 30.3 Å². The van der Waals surface area contributed by atoms with Gasteiger partial charge in [-0.1, -0.05) is 18.2 Å². The number of ether oxygens (including phenoxy) is 1. The van der Waals surface area contributed by atoms with Gasteiger partial charge in [0.25, 0.3) is 5.91 Å². The summed E-state index contributed by atoms with van der Waals surface area (Å²) in [6.45, 7) is -0.257. The van der Waals surface area contributed by atoms with Crippen LogP contribution in [-0.4, -0.2) is 63.0 Å². The van der Waals surface area contributed by atoms with Crippen molar-refractivity contribution in [1.29, 1.82) is 0 Å². The predicted molar refractivity (Wildman–Crippen MR) is 89.2 cm³/mol. The average molecular weight is 379 g/mol. The summed E-state index contributed by atoms with van der Waals surface area (Å²) in [5.74, 6) is -1.14. The molecule has 2 saturated heterocycles. The Morgan fingerprint density at radius 2 is 2.12 bits per heavy atom. The number of alkyl halides is 1. The molecule has 2 amide bonds. The molecular weight excluding hydrogens is 363 g/mol. The van der Waals surface area contributed by atoms with Crippen LogP contribution in [0.4, 0.5) is 0 Å². The van der Waals surface area contributed by atoms with Crippen LogP contribution in [0.25, 0.3) is 0 Å². The molecule has 25 heavy (non-hydrogen) atoms. The Morgan fingerprint density at radius 1 is 1.44 bits per heavy atom. The van der Waals surface area contributed by atoms with Crippen LogP contribution in [0.3, 0.4) is 0 Å². The van der Waals surface area contributed by atoms with Crippen LogP contribution in [-0.2, 0) is 14.4 Å². The number of β-lactam (4-membered cyclic amide) rings is 1. The normalized spacial score (nSPS) is 27.4. The summed E-state index contributed by atoms with van der Waals surface area (Å²) >= 11 is 7.27. The van der Waals surface area contributed by atoms with Crippen LogP contribution >= 0.6 is 23.4 Å². The molecule has 0 radical (unpaired) electrons. The van der Waals surface area contributed by atoms with Crippen molar-refractivity contribution in [3.8, 4) is 5.75 Å². The molecule has 2 fully saturated rings. The fourth-order valence-electron chi connectivity index (χ4n) is 2.55. The minimum atomic E-state index is -1.47. The van der Waals surface area contributed by atoms with E-state index in [0.717, 1.165) is 0 Å². The zero-order valence-electron chi connectivity index (χ0n) is 14.5. The first-order chi connectivity index (χ1) is 11.4. The molecule has 2 aliphatic heterocycles. The maximum atomic E-state index is 12.1. The number of carboxylic acid groups (broad SMARTS) is 1. The maximum Gasteiger partial charge on any atom is 1.00 e. The van der Waals surface area contributed by atoms with Crippen molar-refractivity contribution in [1.82, 2.24) is 10.2 Å². The molecule has 1 aromatic carbocycles. The van der Waals surface area contributed by atoms with Gasteiger partial charge in [-0.2, -0.15) is 0 Å². The van der Waals surface area contributed by atoms with E-state index in [0.29, 0.717) is 5.75 Å². The van der Waals surface area contributed by atoms with E-state index in [1.54, 1.807) is 24.3 Å². The monoisotopic (exact) mass is 378 g/mol. The summed E-state index contributed by atoms with van der Waals surface area (Å²) in [7, 11) is 0. The van der Waals surface area contributed by atoms with E-state index in [-0.39, 0.29) is 50.5 Å². The van der Waals surface area contributed by atoms with Crippen LogP contribution in [0.2, 0.25) is 0 Å². The molecule has 0 aliphatic carbocycles. The van der Waals surface area contributed by atoms with Gasteiger partial charge in [0.2, 0.25) is 5.91 Å². The molecule has 2 aliphatic rings. The molecule has 2 N–H and O–H groups in total. The number of halogens is 1. The third-order valence-electron chi connectivity index (χ3n) is 3.86. The minimum absolute atomic E-state index is 0. The SMILES string of the molecule is O=C(COc1ccccc1)NC1C(=O)N2CC(Cl)(C(=O)O)CS[C@H]12.[H-].[Li+]. The summed E-state index contributed by atoms with van der Waals surface area (Å²) in [6, 6.07) is 8.21. The number of carboxylic acids is 1. The Bertz CT molecular complexity index is 685. The number of nitrogens with one attached hydrogen (secondary N) is 1. The van der Waals surface area contributed by atoms with E-state index in [2.05, 4.69) is 5.32 Å². The molecule has 0 bridgehead atoms. The summed E-state index contributed by atoms with van der Waals surface area (Å²) in [5, 5.41) is 11.5. The number of aliphatic carboxylic acids is 1. The Hall–Kier alpha value is -1.33. The van der Waals surface area contributed by atoms with Gasteiger partial charge in [-0.3, -0.25) is 14.4 Å². The molecular formula is C15H16ClLiN2O5S. The van der Waals surface area contributed by atoms with Crippen molar-refractivity contribution in [3.05, 3.63) is 30.3 Å². The zero-order valence-corrected chi connectivity index (χ0v) is 15.0. The first kappa shape index (κ1) is 20.0. The van der Waals surface area contributed by atoms with Crippen LogP contribution < -0.4 is 28.9 Å². The number of amides is 2. The molecule has 0 aromatic heterocycles.